The van der Waals surface area contributed by atoms with Gasteiger partial charge in [0.05, 0.1) is 19.8 Å². The Labute approximate surface area is 171 Å². The lowest BCUT2D eigenvalue weighted by Crippen LogP contribution is -2.39. The number of rotatable bonds is 5. The van der Waals surface area contributed by atoms with Gasteiger partial charge in [-0.25, -0.2) is 4.98 Å². The second-order valence-corrected chi connectivity index (χ2v) is 8.30. The Morgan fingerprint density at radius 1 is 1.38 bits per heavy atom. The van der Waals surface area contributed by atoms with Crippen LogP contribution in [-0.4, -0.2) is 44.0 Å². The average Bonchev–Trinajstić information content (AvgIpc) is 3.65. The number of nitrogens with one attached hydrogen (secondary N) is 1. The zero-order chi connectivity index (χ0) is 20.4. The normalized spacial score (nSPS) is 20.7. The van der Waals surface area contributed by atoms with E-state index in [0.717, 1.165) is 31.6 Å². The molecule has 154 valence electrons. The smallest absolute Gasteiger partial charge is 0.276 e. The molecule has 2 aliphatic carbocycles. The number of pyridine rings is 1. The Morgan fingerprint density at radius 3 is 2.76 bits per heavy atom. The van der Waals surface area contributed by atoms with Crippen LogP contribution in [0, 0.1) is 30.1 Å². The van der Waals surface area contributed by atoms with Gasteiger partial charge in [0.2, 0.25) is 0 Å². The number of hydrogen-bond donors (Lipinski definition) is 2. The first-order valence-electron chi connectivity index (χ1n) is 10.2. The molecule has 4 rings (SSSR count). The number of anilines is 1. The lowest BCUT2D eigenvalue weighted by atomic mass is 10.1. The molecular weight excluding hydrogens is 368 g/mol. The topological polar surface area (TPSA) is 89.7 Å². The van der Waals surface area contributed by atoms with Crippen LogP contribution in [0.4, 0.5) is 5.82 Å². The molecule has 1 spiro atoms. The fourth-order valence-corrected chi connectivity index (χ4v) is 3.07. The van der Waals surface area contributed by atoms with Crippen LogP contribution < -0.4 is 16.0 Å². The van der Waals surface area contributed by atoms with E-state index in [2.05, 4.69) is 22.1 Å². The van der Waals surface area contributed by atoms with Crippen molar-refractivity contribution in [1.29, 1.82) is 0 Å². The fourth-order valence-electron chi connectivity index (χ4n) is 3.07. The van der Waals surface area contributed by atoms with Gasteiger partial charge in [-0.05, 0) is 50.2 Å². The third kappa shape index (κ3) is 4.89. The van der Waals surface area contributed by atoms with Crippen LogP contribution in [0.1, 0.15) is 36.9 Å². The van der Waals surface area contributed by atoms with E-state index in [9.17, 15) is 4.79 Å². The largest absolute Gasteiger partial charge is 0.393 e. The molecule has 2 saturated carbocycles. The molecule has 0 bridgehead atoms. The second kappa shape index (κ2) is 8.05. The first-order chi connectivity index (χ1) is 14.0. The molecule has 1 aromatic rings. The number of ether oxygens (including phenoxy) is 2. The van der Waals surface area contributed by atoms with Gasteiger partial charge in [-0.2, -0.15) is 0 Å². The number of carbonyl (C=O) groups is 1. The maximum atomic E-state index is 12.6. The Hall–Kier alpha value is -2.56. The standard InChI is InChI=1S/C22H28N4O3/c1-15-3-8-19(25-18(15)7-6-16-4-5-16)26(2)21(27)17(23)11-24-12-20-28-13-22(9-10-22)14-29-20/h3,8,11,16,20,24H,4-5,9-10,12-14,23H2,1-2H3/b17-11-. The number of carbonyl (C=O) groups excluding carboxylic acids is 1. The van der Waals surface area contributed by atoms with Crippen LogP contribution in [0.15, 0.2) is 24.0 Å². The molecule has 0 radical (unpaired) electrons. The van der Waals surface area contributed by atoms with Crippen LogP contribution >= 0.6 is 0 Å². The summed E-state index contributed by atoms with van der Waals surface area (Å²) in [6, 6.07) is 3.72. The zero-order valence-corrected chi connectivity index (χ0v) is 17.0. The lowest BCUT2D eigenvalue weighted by Gasteiger charge is -2.29. The molecule has 0 aromatic carbocycles. The van der Waals surface area contributed by atoms with Gasteiger partial charge in [0.25, 0.3) is 5.91 Å². The molecule has 0 atom stereocenters. The van der Waals surface area contributed by atoms with Gasteiger partial charge in [0.15, 0.2) is 6.29 Å². The summed E-state index contributed by atoms with van der Waals surface area (Å²) < 4.78 is 11.4. The number of likely N-dealkylation sites (N-methyl/N-ethyl adjacent to an activating group) is 1. The summed E-state index contributed by atoms with van der Waals surface area (Å²) in [6.07, 6.45) is 5.87. The summed E-state index contributed by atoms with van der Waals surface area (Å²) in [5.41, 5.74) is 8.03. The van der Waals surface area contributed by atoms with E-state index in [1.807, 2.05) is 13.0 Å². The molecule has 1 aromatic heterocycles. The van der Waals surface area contributed by atoms with E-state index in [4.69, 9.17) is 15.2 Å². The highest BCUT2D eigenvalue weighted by atomic mass is 16.7. The summed E-state index contributed by atoms with van der Waals surface area (Å²) >= 11 is 0. The van der Waals surface area contributed by atoms with E-state index in [0.29, 0.717) is 24.0 Å². The molecule has 1 aliphatic heterocycles. The van der Waals surface area contributed by atoms with E-state index in [1.165, 1.54) is 23.9 Å². The second-order valence-electron chi connectivity index (χ2n) is 8.30. The Balaban J connectivity index is 1.32. The van der Waals surface area contributed by atoms with Gasteiger partial charge >= 0.3 is 0 Å². The minimum Gasteiger partial charge on any atom is -0.393 e. The van der Waals surface area contributed by atoms with Crippen molar-refractivity contribution >= 4 is 11.7 Å². The predicted molar refractivity (Wildman–Crippen MR) is 110 cm³/mol. The number of amides is 1. The van der Waals surface area contributed by atoms with Crippen molar-refractivity contribution in [3.8, 4) is 11.8 Å². The Morgan fingerprint density at radius 2 is 2.10 bits per heavy atom. The van der Waals surface area contributed by atoms with Gasteiger partial charge in [-0.3, -0.25) is 9.69 Å². The van der Waals surface area contributed by atoms with Crippen LogP contribution in [0.2, 0.25) is 0 Å². The molecule has 1 amide bonds. The van der Waals surface area contributed by atoms with Crippen molar-refractivity contribution < 1.29 is 14.3 Å². The number of nitrogens with zero attached hydrogens (tertiary/aromatic N) is 2. The summed E-state index contributed by atoms with van der Waals surface area (Å²) in [6.45, 7) is 3.89. The third-order valence-electron chi connectivity index (χ3n) is 5.60. The highest BCUT2D eigenvalue weighted by Crippen LogP contribution is 2.48. The van der Waals surface area contributed by atoms with E-state index in [-0.39, 0.29) is 23.3 Å². The highest BCUT2D eigenvalue weighted by molar-refractivity contribution is 6.03. The third-order valence-corrected chi connectivity index (χ3v) is 5.60. The summed E-state index contributed by atoms with van der Waals surface area (Å²) in [7, 11) is 1.65. The molecular formula is C22H28N4O3. The fraction of sp³-hybridized carbons (Fsp3) is 0.545. The van der Waals surface area contributed by atoms with Crippen molar-refractivity contribution in [3.63, 3.8) is 0 Å². The van der Waals surface area contributed by atoms with Gasteiger partial charge < -0.3 is 20.5 Å². The maximum absolute atomic E-state index is 12.6. The predicted octanol–water partition coefficient (Wildman–Crippen LogP) is 1.66. The van der Waals surface area contributed by atoms with Gasteiger partial charge in [0.1, 0.15) is 17.2 Å². The molecule has 29 heavy (non-hydrogen) atoms. The number of aryl methyl sites for hydroxylation is 1. The van der Waals surface area contributed by atoms with Gasteiger partial charge in [-0.15, -0.1) is 0 Å². The van der Waals surface area contributed by atoms with Crippen LogP contribution in [0.3, 0.4) is 0 Å². The maximum Gasteiger partial charge on any atom is 0.276 e. The number of nitrogens with two attached hydrogens (primary N) is 1. The number of hydrogen-bond acceptors (Lipinski definition) is 6. The quantitative estimate of drug-likeness (QED) is 0.581. The molecule has 3 fully saturated rings. The van der Waals surface area contributed by atoms with Crippen LogP contribution in [0.5, 0.6) is 0 Å². The summed E-state index contributed by atoms with van der Waals surface area (Å²) in [5, 5.41) is 3.02. The molecule has 3 aliphatic rings. The zero-order valence-electron chi connectivity index (χ0n) is 17.0. The number of aromatic nitrogens is 1. The minimum atomic E-state index is -0.336. The summed E-state index contributed by atoms with van der Waals surface area (Å²) in [5.74, 6) is 7.03. The molecule has 3 N–H and O–H groups in total. The first kappa shape index (κ1) is 19.7. The monoisotopic (exact) mass is 396 g/mol. The van der Waals surface area contributed by atoms with Crippen LogP contribution in [0.25, 0.3) is 0 Å². The van der Waals surface area contributed by atoms with E-state index < -0.39 is 0 Å². The summed E-state index contributed by atoms with van der Waals surface area (Å²) in [4.78, 5) is 18.6. The average molecular weight is 396 g/mol. The van der Waals surface area contributed by atoms with Gasteiger partial charge in [-0.1, -0.05) is 12.0 Å². The van der Waals surface area contributed by atoms with Crippen molar-refractivity contribution in [2.45, 2.75) is 38.9 Å². The minimum absolute atomic E-state index is 0.0926. The Kier molecular flexibility index (Phi) is 5.48. The molecule has 1 saturated heterocycles. The van der Waals surface area contributed by atoms with Crippen molar-refractivity contribution in [2.24, 2.45) is 17.1 Å². The molecule has 7 nitrogen and oxygen atoms in total. The molecule has 7 heteroatoms. The lowest BCUT2D eigenvalue weighted by molar-refractivity contribution is -0.203. The SMILES string of the molecule is Cc1ccc(N(C)C(=O)/C(N)=C/NCC2OCC3(CC3)CO2)nc1C#CC1CC1. The first-order valence-corrected chi connectivity index (χ1v) is 10.2. The van der Waals surface area contributed by atoms with E-state index in [1.54, 1.807) is 13.1 Å². The van der Waals surface area contributed by atoms with E-state index >= 15 is 0 Å². The molecule has 2 heterocycles. The van der Waals surface area contributed by atoms with Crippen molar-refractivity contribution in [2.75, 3.05) is 31.7 Å². The van der Waals surface area contributed by atoms with Crippen molar-refractivity contribution in [3.05, 3.63) is 35.3 Å². The van der Waals surface area contributed by atoms with Crippen molar-refractivity contribution in [1.82, 2.24) is 10.3 Å². The molecule has 0 unspecified atom stereocenters. The van der Waals surface area contributed by atoms with Gasteiger partial charge in [0, 0.05) is 24.6 Å². The van der Waals surface area contributed by atoms with Crippen LogP contribution in [-0.2, 0) is 14.3 Å². The Bertz CT molecular complexity index is 868. The highest BCUT2D eigenvalue weighted by Gasteiger charge is 2.46.